The van der Waals surface area contributed by atoms with Gasteiger partial charge in [-0.15, -0.1) is 0 Å². The third-order valence-corrected chi connectivity index (χ3v) is 6.28. The molecular weight excluding hydrogens is 524 g/mol. The van der Waals surface area contributed by atoms with Gasteiger partial charge in [-0.2, -0.15) is 0 Å². The Kier molecular flexibility index (Phi) is 10.3. The Morgan fingerprint density at radius 1 is 0.854 bits per heavy atom. The number of fused-ring (bicyclic) bond motifs is 1. The van der Waals surface area contributed by atoms with Crippen molar-refractivity contribution in [1.82, 2.24) is 10.5 Å². The fourth-order valence-electron chi connectivity index (χ4n) is 4.22. The smallest absolute Gasteiger partial charge is 0.323 e. The number of urea groups is 1. The van der Waals surface area contributed by atoms with Gasteiger partial charge in [-0.05, 0) is 73.9 Å². The van der Waals surface area contributed by atoms with Gasteiger partial charge in [0, 0.05) is 35.4 Å². The third kappa shape index (κ3) is 8.58. The molecule has 10 nitrogen and oxygen atoms in total. The largest absolute Gasteiger partial charge is 0.493 e. The summed E-state index contributed by atoms with van der Waals surface area (Å²) >= 11 is 0. The molecule has 0 aliphatic rings. The Morgan fingerprint density at radius 2 is 1.63 bits per heavy atom. The van der Waals surface area contributed by atoms with Crippen molar-refractivity contribution in [3.05, 3.63) is 78.5 Å². The number of nitrogens with zero attached hydrogens (tertiary/aromatic N) is 1. The highest BCUT2D eigenvalue weighted by Gasteiger charge is 2.13. The van der Waals surface area contributed by atoms with E-state index in [1.807, 2.05) is 43.3 Å². The number of hydrogen-bond donors (Lipinski definition) is 4. The molecule has 0 spiro atoms. The van der Waals surface area contributed by atoms with E-state index in [4.69, 9.17) is 19.4 Å². The molecule has 214 valence electrons. The lowest BCUT2D eigenvalue weighted by atomic mass is 10.1. The number of benzene rings is 3. The maximum atomic E-state index is 12.4. The topological polar surface area (TPSA) is 131 Å². The van der Waals surface area contributed by atoms with E-state index < -0.39 is 0 Å². The summed E-state index contributed by atoms with van der Waals surface area (Å²) in [6, 6.07) is 19.8. The minimum Gasteiger partial charge on any atom is -0.493 e. The van der Waals surface area contributed by atoms with Crippen LogP contribution in [0.4, 0.5) is 16.2 Å². The monoisotopic (exact) mass is 558 g/mol. The zero-order chi connectivity index (χ0) is 29.0. The Bertz CT molecular complexity index is 1480. The fourth-order valence-corrected chi connectivity index (χ4v) is 4.22. The average molecular weight is 559 g/mol. The van der Waals surface area contributed by atoms with Gasteiger partial charge in [-0.3, -0.25) is 15.0 Å². The molecule has 3 aromatic carbocycles. The number of rotatable bonds is 13. The molecule has 0 aliphatic carbocycles. The number of carbonyl (C=O) groups is 2. The zero-order valence-electron chi connectivity index (χ0n) is 23.1. The molecule has 3 amide bonds. The van der Waals surface area contributed by atoms with Gasteiger partial charge in [0.05, 0.1) is 19.2 Å². The summed E-state index contributed by atoms with van der Waals surface area (Å²) < 4.78 is 17.7. The molecule has 1 aromatic heterocycles. The molecule has 4 rings (SSSR count). The van der Waals surface area contributed by atoms with Crippen LogP contribution in [0.15, 0.2) is 72.9 Å². The van der Waals surface area contributed by atoms with Crippen LogP contribution in [-0.4, -0.2) is 35.8 Å². The number of nitrogens with one attached hydrogen (secondary N) is 3. The van der Waals surface area contributed by atoms with Gasteiger partial charge in [-0.1, -0.05) is 25.0 Å². The summed E-state index contributed by atoms with van der Waals surface area (Å²) in [5.41, 5.74) is 4.74. The lowest BCUT2D eigenvalue weighted by Crippen LogP contribution is -2.19. The second-order valence-electron chi connectivity index (χ2n) is 9.45. The van der Waals surface area contributed by atoms with Crippen LogP contribution < -0.4 is 30.3 Å². The summed E-state index contributed by atoms with van der Waals surface area (Å²) in [4.78, 5) is 27.9. The van der Waals surface area contributed by atoms with Gasteiger partial charge < -0.3 is 24.8 Å². The highest BCUT2D eigenvalue weighted by molar-refractivity contribution is 5.99. The molecule has 0 saturated carbocycles. The molecule has 0 saturated heterocycles. The van der Waals surface area contributed by atoms with Gasteiger partial charge >= 0.3 is 6.03 Å². The minimum atomic E-state index is -0.370. The SMILES string of the molecule is COc1cc2c(Oc3ccc(NC(=O)Nc4cccc(C)c4)cc3)ccnc2cc1OCCCCCCC(=O)NO. The highest BCUT2D eigenvalue weighted by atomic mass is 16.5. The number of anilines is 2. The number of pyridine rings is 1. The fraction of sp³-hybridized carbons (Fsp3) is 0.258. The number of aromatic nitrogens is 1. The summed E-state index contributed by atoms with van der Waals surface area (Å²) in [6.45, 7) is 2.46. The lowest BCUT2D eigenvalue weighted by Gasteiger charge is -2.14. The van der Waals surface area contributed by atoms with Crippen LogP contribution in [-0.2, 0) is 4.79 Å². The van der Waals surface area contributed by atoms with E-state index in [-0.39, 0.29) is 11.9 Å². The number of ether oxygens (including phenoxy) is 3. The number of amides is 3. The van der Waals surface area contributed by atoms with Crippen molar-refractivity contribution in [2.75, 3.05) is 24.4 Å². The molecule has 4 N–H and O–H groups in total. The zero-order valence-corrected chi connectivity index (χ0v) is 23.1. The van der Waals surface area contributed by atoms with Gasteiger partial charge in [0.25, 0.3) is 0 Å². The Labute approximate surface area is 238 Å². The number of methoxy groups -OCH3 is 1. The van der Waals surface area contributed by atoms with Gasteiger partial charge in [0.1, 0.15) is 11.5 Å². The molecule has 10 heteroatoms. The van der Waals surface area contributed by atoms with Gasteiger partial charge in [0.2, 0.25) is 5.91 Å². The van der Waals surface area contributed by atoms with E-state index in [0.717, 1.165) is 35.9 Å². The molecule has 0 radical (unpaired) electrons. The van der Waals surface area contributed by atoms with Crippen LogP contribution in [0, 0.1) is 6.92 Å². The van der Waals surface area contributed by atoms with E-state index in [0.29, 0.717) is 53.7 Å². The number of hydroxylamine groups is 1. The summed E-state index contributed by atoms with van der Waals surface area (Å²) in [5, 5.41) is 14.9. The molecule has 0 aliphatic heterocycles. The molecule has 4 aromatic rings. The van der Waals surface area contributed by atoms with Crippen LogP contribution in [0.5, 0.6) is 23.0 Å². The van der Waals surface area contributed by atoms with Gasteiger partial charge in [0.15, 0.2) is 11.5 Å². The number of aryl methyl sites for hydroxylation is 1. The standard InChI is InChI=1S/C31H34N4O6/c1-21-8-7-9-23(18-21)34-31(37)33-22-11-13-24(14-12-22)41-27-15-16-32-26-20-29(28(39-2)19-25(26)27)40-17-6-4-3-5-10-30(36)35-38/h7-9,11-16,18-20,38H,3-6,10,17H2,1-2H3,(H,35,36)(H2,33,34,37). The van der Waals surface area contributed by atoms with Crippen LogP contribution in [0.1, 0.15) is 37.7 Å². The first-order chi connectivity index (χ1) is 19.9. The summed E-state index contributed by atoms with van der Waals surface area (Å²) in [7, 11) is 1.58. The number of carbonyl (C=O) groups excluding carboxylic acids is 2. The van der Waals surface area contributed by atoms with Crippen molar-refractivity contribution in [3.63, 3.8) is 0 Å². The van der Waals surface area contributed by atoms with E-state index in [1.165, 1.54) is 0 Å². The minimum absolute atomic E-state index is 0.304. The second-order valence-corrected chi connectivity index (χ2v) is 9.45. The molecule has 41 heavy (non-hydrogen) atoms. The third-order valence-electron chi connectivity index (χ3n) is 6.28. The number of unbranched alkanes of at least 4 members (excludes halogenated alkanes) is 3. The normalized spacial score (nSPS) is 10.6. The van der Waals surface area contributed by atoms with Gasteiger partial charge in [-0.25, -0.2) is 10.3 Å². The van der Waals surface area contributed by atoms with E-state index >= 15 is 0 Å². The van der Waals surface area contributed by atoms with Crippen LogP contribution in [0.25, 0.3) is 10.9 Å². The number of hydrogen-bond acceptors (Lipinski definition) is 7. The quantitative estimate of drug-likeness (QED) is 0.0804. The predicted molar refractivity (Wildman–Crippen MR) is 157 cm³/mol. The van der Waals surface area contributed by atoms with Crippen LogP contribution >= 0.6 is 0 Å². The second kappa shape index (κ2) is 14.5. The summed E-state index contributed by atoms with van der Waals surface area (Å²) in [6.07, 6.45) is 5.26. The maximum absolute atomic E-state index is 12.4. The molecule has 0 bridgehead atoms. The van der Waals surface area contributed by atoms with Crippen molar-refractivity contribution in [2.45, 2.75) is 39.0 Å². The van der Waals surface area contributed by atoms with E-state index in [9.17, 15) is 9.59 Å². The van der Waals surface area contributed by atoms with Crippen molar-refractivity contribution in [2.24, 2.45) is 0 Å². The van der Waals surface area contributed by atoms with Crippen LogP contribution in [0.2, 0.25) is 0 Å². The van der Waals surface area contributed by atoms with Crippen molar-refractivity contribution in [3.8, 4) is 23.0 Å². The summed E-state index contributed by atoms with van der Waals surface area (Å²) in [5.74, 6) is 1.98. The van der Waals surface area contributed by atoms with Crippen LogP contribution in [0.3, 0.4) is 0 Å². The lowest BCUT2D eigenvalue weighted by molar-refractivity contribution is -0.129. The molecule has 0 fully saturated rings. The Balaban J connectivity index is 1.35. The predicted octanol–water partition coefficient (Wildman–Crippen LogP) is 6.82. The first-order valence-electron chi connectivity index (χ1n) is 13.4. The first-order valence-corrected chi connectivity index (χ1v) is 13.4. The average Bonchev–Trinajstić information content (AvgIpc) is 2.97. The Morgan fingerprint density at radius 3 is 2.39 bits per heavy atom. The highest BCUT2D eigenvalue weighted by Crippen LogP contribution is 2.37. The van der Waals surface area contributed by atoms with E-state index in [1.54, 1.807) is 49.1 Å². The molecular formula is C31H34N4O6. The van der Waals surface area contributed by atoms with Crippen molar-refractivity contribution >= 4 is 34.2 Å². The first kappa shape index (κ1) is 29.2. The molecule has 1 heterocycles. The maximum Gasteiger partial charge on any atom is 0.323 e. The van der Waals surface area contributed by atoms with Crippen molar-refractivity contribution < 1.29 is 29.0 Å². The van der Waals surface area contributed by atoms with E-state index in [2.05, 4.69) is 15.6 Å². The Hall–Kier alpha value is -4.83. The molecule has 0 unspecified atom stereocenters. The molecule has 0 atom stereocenters. The van der Waals surface area contributed by atoms with Crippen molar-refractivity contribution in [1.29, 1.82) is 0 Å².